The molecule has 26 heavy (non-hydrogen) atoms. The molecule has 2 aromatic carbocycles. The first kappa shape index (κ1) is 19.8. The lowest BCUT2D eigenvalue weighted by molar-refractivity contribution is -0.124. The van der Waals surface area contributed by atoms with Crippen LogP contribution < -0.4 is 15.4 Å². The molecule has 0 atom stereocenters. The fourth-order valence-corrected chi connectivity index (χ4v) is 2.45. The van der Waals surface area contributed by atoms with Crippen molar-refractivity contribution in [2.75, 3.05) is 19.7 Å². The summed E-state index contributed by atoms with van der Waals surface area (Å²) in [5, 5.41) is 6.12. The minimum absolute atomic E-state index is 0.0526. The summed E-state index contributed by atoms with van der Waals surface area (Å²) in [6, 6.07) is 12.9. The molecule has 0 aromatic heterocycles. The Kier molecular flexibility index (Phi) is 7.48. The minimum Gasteiger partial charge on any atom is -0.483 e. The lowest BCUT2D eigenvalue weighted by Crippen LogP contribution is -2.37. The monoisotopic (exact) mass is 374 g/mol. The molecule has 0 aliphatic rings. The molecule has 0 bridgehead atoms. The molecule has 5 nitrogen and oxygen atoms in total. The fourth-order valence-electron chi connectivity index (χ4n) is 2.33. The maximum absolute atomic E-state index is 11.8. The Morgan fingerprint density at radius 1 is 0.962 bits per heavy atom. The summed E-state index contributed by atoms with van der Waals surface area (Å²) < 4.78 is 5.54. The van der Waals surface area contributed by atoms with Crippen LogP contribution in [0.4, 0.5) is 0 Å². The van der Waals surface area contributed by atoms with E-state index in [9.17, 15) is 9.59 Å². The Bertz CT molecular complexity index is 760. The van der Waals surface area contributed by atoms with Gasteiger partial charge in [0, 0.05) is 18.1 Å². The molecule has 0 heterocycles. The number of hydrogen-bond donors (Lipinski definition) is 2. The van der Waals surface area contributed by atoms with Gasteiger partial charge in [-0.3, -0.25) is 9.59 Å². The zero-order valence-electron chi connectivity index (χ0n) is 15.0. The van der Waals surface area contributed by atoms with Crippen molar-refractivity contribution in [3.8, 4) is 5.75 Å². The molecule has 6 heteroatoms. The third-order valence-electron chi connectivity index (χ3n) is 3.96. The van der Waals surface area contributed by atoms with Crippen LogP contribution >= 0.6 is 11.6 Å². The van der Waals surface area contributed by atoms with Crippen LogP contribution in [0.3, 0.4) is 0 Å². The predicted octanol–water partition coefficient (Wildman–Crippen LogP) is 2.81. The van der Waals surface area contributed by atoms with E-state index in [1.54, 1.807) is 12.1 Å². The zero-order valence-corrected chi connectivity index (χ0v) is 15.7. The number of carbonyl (C=O) groups is 2. The molecule has 0 aliphatic carbocycles. The Hall–Kier alpha value is -2.53. The average Bonchev–Trinajstić information content (AvgIpc) is 2.62. The number of amides is 2. The Morgan fingerprint density at radius 3 is 2.31 bits per heavy atom. The molecule has 2 rings (SSSR count). The van der Waals surface area contributed by atoms with Crippen molar-refractivity contribution in [2.45, 2.75) is 20.3 Å². The van der Waals surface area contributed by atoms with Crippen LogP contribution in [0, 0.1) is 13.8 Å². The summed E-state index contributed by atoms with van der Waals surface area (Å²) in [7, 11) is 0. The van der Waals surface area contributed by atoms with Crippen LogP contribution in [0.2, 0.25) is 5.02 Å². The number of benzene rings is 2. The topological polar surface area (TPSA) is 67.4 Å². The van der Waals surface area contributed by atoms with Gasteiger partial charge < -0.3 is 15.4 Å². The van der Waals surface area contributed by atoms with Gasteiger partial charge in [-0.1, -0.05) is 35.9 Å². The van der Waals surface area contributed by atoms with Gasteiger partial charge in [-0.25, -0.2) is 0 Å². The number of nitrogens with one attached hydrogen (secondary N) is 2. The maximum atomic E-state index is 11.8. The van der Waals surface area contributed by atoms with Gasteiger partial charge in [0.25, 0.3) is 5.91 Å². The molecular formula is C20H23ClN2O3. The first-order valence-electron chi connectivity index (χ1n) is 8.42. The van der Waals surface area contributed by atoms with E-state index in [0.717, 1.165) is 16.7 Å². The summed E-state index contributed by atoms with van der Waals surface area (Å²) in [5.41, 5.74) is 3.03. The molecule has 0 fully saturated rings. The number of carbonyl (C=O) groups excluding carboxylic acids is 2. The number of ether oxygens (including phenoxy) is 1. The van der Waals surface area contributed by atoms with E-state index in [-0.39, 0.29) is 24.8 Å². The van der Waals surface area contributed by atoms with Crippen molar-refractivity contribution >= 4 is 23.4 Å². The molecule has 2 amide bonds. The van der Waals surface area contributed by atoms with Crippen LogP contribution in [0.15, 0.2) is 42.5 Å². The number of halogens is 1. The van der Waals surface area contributed by atoms with Gasteiger partial charge in [0.15, 0.2) is 6.61 Å². The third-order valence-corrected chi connectivity index (χ3v) is 4.21. The third kappa shape index (κ3) is 6.41. The second-order valence-corrected chi connectivity index (χ2v) is 6.43. The number of hydrogen-bond acceptors (Lipinski definition) is 3. The van der Waals surface area contributed by atoms with Crippen molar-refractivity contribution in [3.63, 3.8) is 0 Å². The Morgan fingerprint density at radius 2 is 1.62 bits per heavy atom. The van der Waals surface area contributed by atoms with E-state index in [0.29, 0.717) is 23.9 Å². The van der Waals surface area contributed by atoms with E-state index in [1.165, 1.54) is 0 Å². The van der Waals surface area contributed by atoms with Crippen molar-refractivity contribution in [2.24, 2.45) is 0 Å². The summed E-state index contributed by atoms with van der Waals surface area (Å²) >= 11 is 5.81. The highest BCUT2D eigenvalue weighted by Crippen LogP contribution is 2.20. The van der Waals surface area contributed by atoms with Crippen molar-refractivity contribution in [1.29, 1.82) is 0 Å². The predicted molar refractivity (Wildman–Crippen MR) is 103 cm³/mol. The highest BCUT2D eigenvalue weighted by molar-refractivity contribution is 6.30. The quantitative estimate of drug-likeness (QED) is 0.698. The Balaban J connectivity index is 1.63. The Labute approximate surface area is 158 Å². The van der Waals surface area contributed by atoms with Gasteiger partial charge in [-0.05, 0) is 48.7 Å². The van der Waals surface area contributed by atoms with Gasteiger partial charge in [-0.2, -0.15) is 0 Å². The molecule has 0 saturated carbocycles. The summed E-state index contributed by atoms with van der Waals surface area (Å²) in [4.78, 5) is 23.7. The molecule has 0 saturated heterocycles. The van der Waals surface area contributed by atoms with Crippen molar-refractivity contribution in [1.82, 2.24) is 10.6 Å². The standard InChI is InChI=1S/C20H23ClN2O3/c1-14-4-3-5-18(15(14)2)26-13-20(25)23-11-10-22-19(24)12-16-6-8-17(21)9-7-16/h3-9H,10-13H2,1-2H3,(H,22,24)(H,23,25). The van der Waals surface area contributed by atoms with E-state index in [1.807, 2.05) is 44.2 Å². The summed E-state index contributed by atoms with van der Waals surface area (Å²) in [6.07, 6.45) is 0.279. The molecule has 0 radical (unpaired) electrons. The smallest absolute Gasteiger partial charge is 0.258 e. The first-order valence-corrected chi connectivity index (χ1v) is 8.80. The lowest BCUT2D eigenvalue weighted by atomic mass is 10.1. The summed E-state index contributed by atoms with van der Waals surface area (Å²) in [6.45, 7) is 4.61. The normalized spacial score (nSPS) is 10.3. The van der Waals surface area contributed by atoms with E-state index in [2.05, 4.69) is 10.6 Å². The van der Waals surface area contributed by atoms with Crippen LogP contribution in [-0.4, -0.2) is 31.5 Å². The summed E-state index contributed by atoms with van der Waals surface area (Å²) in [5.74, 6) is 0.377. The molecule has 0 unspecified atom stereocenters. The van der Waals surface area contributed by atoms with Crippen LogP contribution in [0.25, 0.3) is 0 Å². The molecular weight excluding hydrogens is 352 g/mol. The van der Waals surface area contributed by atoms with Gasteiger partial charge in [-0.15, -0.1) is 0 Å². The molecule has 2 N–H and O–H groups in total. The van der Waals surface area contributed by atoms with Crippen molar-refractivity contribution < 1.29 is 14.3 Å². The minimum atomic E-state index is -0.224. The fraction of sp³-hybridized carbons (Fsp3) is 0.300. The van der Waals surface area contributed by atoms with Crippen LogP contribution in [0.1, 0.15) is 16.7 Å². The van der Waals surface area contributed by atoms with Crippen molar-refractivity contribution in [3.05, 3.63) is 64.2 Å². The number of aryl methyl sites for hydroxylation is 1. The average molecular weight is 375 g/mol. The van der Waals surface area contributed by atoms with Gasteiger partial charge in [0.1, 0.15) is 5.75 Å². The number of rotatable bonds is 8. The van der Waals surface area contributed by atoms with Crippen LogP contribution in [-0.2, 0) is 16.0 Å². The highest BCUT2D eigenvalue weighted by atomic mass is 35.5. The van der Waals surface area contributed by atoms with Gasteiger partial charge in [0.05, 0.1) is 6.42 Å². The van der Waals surface area contributed by atoms with Gasteiger partial charge in [0.2, 0.25) is 5.91 Å². The first-order chi connectivity index (χ1) is 12.5. The maximum Gasteiger partial charge on any atom is 0.258 e. The second kappa shape index (κ2) is 9.82. The molecule has 0 aliphatic heterocycles. The van der Waals surface area contributed by atoms with Crippen LogP contribution in [0.5, 0.6) is 5.75 Å². The molecule has 0 spiro atoms. The SMILES string of the molecule is Cc1cccc(OCC(=O)NCCNC(=O)Cc2ccc(Cl)cc2)c1C. The lowest BCUT2D eigenvalue weighted by Gasteiger charge is -2.11. The van der Waals surface area contributed by atoms with E-state index < -0.39 is 0 Å². The van der Waals surface area contributed by atoms with Gasteiger partial charge >= 0.3 is 0 Å². The highest BCUT2D eigenvalue weighted by Gasteiger charge is 2.07. The molecule has 2 aromatic rings. The van der Waals surface area contributed by atoms with E-state index >= 15 is 0 Å². The molecule has 138 valence electrons. The second-order valence-electron chi connectivity index (χ2n) is 5.99. The zero-order chi connectivity index (χ0) is 18.9. The largest absolute Gasteiger partial charge is 0.483 e. The van der Waals surface area contributed by atoms with E-state index in [4.69, 9.17) is 16.3 Å².